The molecular formula is C15H18FNO2S. The first kappa shape index (κ1) is 16.5. The number of aliphatic hydroxyl groups is 1. The van der Waals surface area contributed by atoms with Gasteiger partial charge in [-0.3, -0.25) is 4.79 Å². The van der Waals surface area contributed by atoms with Gasteiger partial charge in [-0.05, 0) is 31.4 Å². The number of thioether (sulfide) groups is 1. The van der Waals surface area contributed by atoms with Crippen molar-refractivity contribution in [2.24, 2.45) is 0 Å². The largest absolute Gasteiger partial charge is 0.384 e. The highest BCUT2D eigenvalue weighted by Gasteiger charge is 2.20. The standard InChI is InChI=1S/C15H18FNO2S/c1-11(10-20-3)17(2)15(19)13-7-6-12(5-4-8-18)9-14(13)16/h6-7,9,11,18H,8,10H2,1-3H3. The van der Waals surface area contributed by atoms with E-state index in [0.29, 0.717) is 5.56 Å². The molecule has 1 unspecified atom stereocenters. The van der Waals surface area contributed by atoms with Crippen LogP contribution in [-0.4, -0.2) is 47.6 Å². The van der Waals surface area contributed by atoms with Gasteiger partial charge in [-0.25, -0.2) is 4.39 Å². The van der Waals surface area contributed by atoms with Gasteiger partial charge in [-0.2, -0.15) is 11.8 Å². The van der Waals surface area contributed by atoms with Gasteiger partial charge in [0.25, 0.3) is 5.91 Å². The van der Waals surface area contributed by atoms with E-state index < -0.39 is 5.82 Å². The fourth-order valence-corrected chi connectivity index (χ4v) is 2.36. The van der Waals surface area contributed by atoms with Crippen molar-refractivity contribution in [1.82, 2.24) is 4.90 Å². The van der Waals surface area contributed by atoms with Gasteiger partial charge in [-0.1, -0.05) is 11.8 Å². The van der Waals surface area contributed by atoms with Crippen molar-refractivity contribution < 1.29 is 14.3 Å². The lowest BCUT2D eigenvalue weighted by atomic mass is 10.1. The van der Waals surface area contributed by atoms with Crippen molar-refractivity contribution in [2.75, 3.05) is 25.7 Å². The number of carbonyl (C=O) groups is 1. The van der Waals surface area contributed by atoms with Crippen molar-refractivity contribution in [2.45, 2.75) is 13.0 Å². The van der Waals surface area contributed by atoms with Crippen LogP contribution in [0.15, 0.2) is 18.2 Å². The summed E-state index contributed by atoms with van der Waals surface area (Å²) >= 11 is 1.64. The minimum atomic E-state index is -0.594. The molecule has 1 N–H and O–H groups in total. The topological polar surface area (TPSA) is 40.5 Å². The molecule has 0 radical (unpaired) electrons. The number of nitrogens with zero attached hydrogens (tertiary/aromatic N) is 1. The molecule has 1 atom stereocenters. The van der Waals surface area contributed by atoms with E-state index in [1.54, 1.807) is 24.9 Å². The normalized spacial score (nSPS) is 11.4. The summed E-state index contributed by atoms with van der Waals surface area (Å²) in [5, 5.41) is 8.59. The second kappa shape index (κ2) is 7.93. The summed E-state index contributed by atoms with van der Waals surface area (Å²) in [4.78, 5) is 13.7. The van der Waals surface area contributed by atoms with Gasteiger partial charge in [0, 0.05) is 24.4 Å². The van der Waals surface area contributed by atoms with Crippen LogP contribution in [0.3, 0.4) is 0 Å². The molecule has 0 aromatic heterocycles. The number of rotatable bonds is 4. The fraction of sp³-hybridized carbons (Fsp3) is 0.400. The summed E-state index contributed by atoms with van der Waals surface area (Å²) < 4.78 is 14.0. The van der Waals surface area contributed by atoms with Crippen LogP contribution in [0, 0.1) is 17.7 Å². The molecule has 0 heterocycles. The van der Waals surface area contributed by atoms with Crippen molar-refractivity contribution in [3.63, 3.8) is 0 Å². The van der Waals surface area contributed by atoms with Crippen LogP contribution in [0.5, 0.6) is 0 Å². The zero-order valence-electron chi connectivity index (χ0n) is 11.8. The summed E-state index contributed by atoms with van der Waals surface area (Å²) in [6.45, 7) is 1.64. The molecule has 0 saturated carbocycles. The van der Waals surface area contributed by atoms with E-state index in [2.05, 4.69) is 11.8 Å². The number of hydrogen-bond acceptors (Lipinski definition) is 3. The summed E-state index contributed by atoms with van der Waals surface area (Å²) in [5.41, 5.74) is 0.475. The second-order valence-electron chi connectivity index (χ2n) is 4.37. The van der Waals surface area contributed by atoms with Gasteiger partial charge in [-0.15, -0.1) is 0 Å². The molecule has 108 valence electrons. The second-order valence-corrected chi connectivity index (χ2v) is 5.29. The molecule has 20 heavy (non-hydrogen) atoms. The maximum absolute atomic E-state index is 14.0. The van der Waals surface area contributed by atoms with E-state index in [4.69, 9.17) is 5.11 Å². The smallest absolute Gasteiger partial charge is 0.256 e. The Morgan fingerprint density at radius 2 is 2.25 bits per heavy atom. The van der Waals surface area contributed by atoms with Gasteiger partial charge in [0.2, 0.25) is 0 Å². The molecule has 1 rings (SSSR count). The third kappa shape index (κ3) is 4.26. The molecule has 0 saturated heterocycles. The number of benzene rings is 1. The molecule has 1 aromatic carbocycles. The lowest BCUT2D eigenvalue weighted by molar-refractivity contribution is 0.0753. The van der Waals surface area contributed by atoms with E-state index in [1.165, 1.54) is 17.0 Å². The van der Waals surface area contributed by atoms with Crippen LogP contribution >= 0.6 is 11.8 Å². The van der Waals surface area contributed by atoms with E-state index in [-0.39, 0.29) is 24.1 Å². The molecule has 0 spiro atoms. The Kier molecular flexibility index (Phi) is 6.56. The van der Waals surface area contributed by atoms with Crippen molar-refractivity contribution in [3.05, 3.63) is 35.1 Å². The number of hydrogen-bond donors (Lipinski definition) is 1. The van der Waals surface area contributed by atoms with E-state index in [1.807, 2.05) is 13.2 Å². The Labute approximate surface area is 123 Å². The first-order valence-electron chi connectivity index (χ1n) is 6.16. The quantitative estimate of drug-likeness (QED) is 0.864. The lowest BCUT2D eigenvalue weighted by Gasteiger charge is -2.24. The van der Waals surface area contributed by atoms with Gasteiger partial charge >= 0.3 is 0 Å². The summed E-state index contributed by atoms with van der Waals surface area (Å²) in [6, 6.07) is 4.25. The molecule has 0 aliphatic carbocycles. The molecule has 1 aromatic rings. The van der Waals surface area contributed by atoms with Crippen LogP contribution in [-0.2, 0) is 0 Å². The maximum atomic E-state index is 14.0. The van der Waals surface area contributed by atoms with Crippen LogP contribution in [0.2, 0.25) is 0 Å². The Hall–Kier alpha value is -1.51. The molecule has 0 aliphatic rings. The lowest BCUT2D eigenvalue weighted by Crippen LogP contribution is -2.37. The highest BCUT2D eigenvalue weighted by Crippen LogP contribution is 2.14. The van der Waals surface area contributed by atoms with E-state index >= 15 is 0 Å². The summed E-state index contributed by atoms with van der Waals surface area (Å²) in [5.74, 6) is 4.90. The maximum Gasteiger partial charge on any atom is 0.256 e. The Morgan fingerprint density at radius 1 is 1.55 bits per heavy atom. The Bertz CT molecular complexity index is 536. The molecular weight excluding hydrogens is 277 g/mol. The third-order valence-electron chi connectivity index (χ3n) is 2.90. The summed E-state index contributed by atoms with van der Waals surface area (Å²) in [6.07, 6.45) is 1.96. The van der Waals surface area contributed by atoms with Crippen LogP contribution in [0.1, 0.15) is 22.8 Å². The number of carbonyl (C=O) groups excluding carboxylic acids is 1. The number of amides is 1. The van der Waals surface area contributed by atoms with Gasteiger partial charge < -0.3 is 10.0 Å². The third-order valence-corrected chi connectivity index (χ3v) is 3.72. The molecule has 0 bridgehead atoms. The predicted octanol–water partition coefficient (Wildman–Crippen LogP) is 1.99. The number of aliphatic hydroxyl groups excluding tert-OH is 1. The average Bonchev–Trinajstić information content (AvgIpc) is 2.44. The highest BCUT2D eigenvalue weighted by atomic mass is 32.2. The summed E-state index contributed by atoms with van der Waals surface area (Å²) in [7, 11) is 1.67. The highest BCUT2D eigenvalue weighted by molar-refractivity contribution is 7.98. The minimum absolute atomic E-state index is 0.0331. The van der Waals surface area contributed by atoms with Crippen molar-refractivity contribution in [1.29, 1.82) is 0 Å². The zero-order valence-corrected chi connectivity index (χ0v) is 12.6. The van der Waals surface area contributed by atoms with Crippen LogP contribution < -0.4 is 0 Å². The van der Waals surface area contributed by atoms with Crippen LogP contribution in [0.4, 0.5) is 4.39 Å². The van der Waals surface area contributed by atoms with E-state index in [0.717, 1.165) is 5.75 Å². The molecule has 5 heteroatoms. The SMILES string of the molecule is CSCC(C)N(C)C(=O)c1ccc(C#CCO)cc1F. The molecule has 1 amide bonds. The molecule has 0 aliphatic heterocycles. The Morgan fingerprint density at radius 3 is 2.80 bits per heavy atom. The molecule has 0 fully saturated rings. The van der Waals surface area contributed by atoms with Crippen molar-refractivity contribution in [3.8, 4) is 11.8 Å². The van der Waals surface area contributed by atoms with Crippen LogP contribution in [0.25, 0.3) is 0 Å². The fourth-order valence-electron chi connectivity index (χ4n) is 1.65. The van der Waals surface area contributed by atoms with Gasteiger partial charge in [0.1, 0.15) is 12.4 Å². The first-order chi connectivity index (χ1) is 9.51. The first-order valence-corrected chi connectivity index (χ1v) is 7.56. The predicted molar refractivity (Wildman–Crippen MR) is 80.3 cm³/mol. The van der Waals surface area contributed by atoms with Crippen molar-refractivity contribution >= 4 is 17.7 Å². The average molecular weight is 295 g/mol. The van der Waals surface area contributed by atoms with Gasteiger partial charge in [0.15, 0.2) is 0 Å². The Balaban J connectivity index is 2.94. The van der Waals surface area contributed by atoms with E-state index in [9.17, 15) is 9.18 Å². The van der Waals surface area contributed by atoms with Gasteiger partial charge in [0.05, 0.1) is 5.56 Å². The monoisotopic (exact) mass is 295 g/mol. The zero-order chi connectivity index (χ0) is 15.1. The minimum Gasteiger partial charge on any atom is -0.384 e. The number of halogens is 1. The molecule has 3 nitrogen and oxygen atoms in total.